The minimum absolute atomic E-state index is 0.0569. The molecule has 0 aromatic heterocycles. The third-order valence-electron chi connectivity index (χ3n) is 2.72. The quantitative estimate of drug-likeness (QED) is 0.779. The number of hydrogen-bond acceptors (Lipinski definition) is 6. The highest BCUT2D eigenvalue weighted by Crippen LogP contribution is 2.36. The molecule has 0 fully saturated rings. The van der Waals surface area contributed by atoms with E-state index in [-0.39, 0.29) is 6.54 Å². The van der Waals surface area contributed by atoms with Crippen LogP contribution in [0, 0.1) is 0 Å². The van der Waals surface area contributed by atoms with E-state index in [2.05, 4.69) is 10.1 Å². The number of rotatable bonds is 6. The van der Waals surface area contributed by atoms with Gasteiger partial charge in [-0.25, -0.2) is 4.79 Å². The molecule has 7 heteroatoms. The van der Waals surface area contributed by atoms with E-state index >= 15 is 0 Å². The molecule has 0 spiro atoms. The molecule has 1 aromatic carbocycles. The summed E-state index contributed by atoms with van der Waals surface area (Å²) < 4.78 is 14.8. The maximum Gasteiger partial charge on any atom is 0.339 e. The Morgan fingerprint density at radius 2 is 1.90 bits per heavy atom. The number of carbonyl (C=O) groups excluding carboxylic acids is 1. The number of hydrogen-bond donors (Lipinski definition) is 2. The van der Waals surface area contributed by atoms with Crippen molar-refractivity contribution >= 4 is 23.3 Å². The van der Waals surface area contributed by atoms with E-state index in [0.29, 0.717) is 22.2 Å². The first kappa shape index (κ1) is 16.4. The van der Waals surface area contributed by atoms with Crippen LogP contribution in [-0.4, -0.2) is 44.6 Å². The Hall–Kier alpha value is -1.66. The Kier molecular flexibility index (Phi) is 5.47. The Labute approximate surface area is 122 Å². The molecule has 1 unspecified atom stereocenters. The zero-order valence-corrected chi connectivity index (χ0v) is 12.6. The molecule has 1 aromatic rings. The molecule has 0 aliphatic carbocycles. The van der Waals surface area contributed by atoms with Gasteiger partial charge in [0, 0.05) is 6.07 Å². The van der Waals surface area contributed by atoms with Crippen LogP contribution in [0.4, 0.5) is 5.69 Å². The highest BCUT2D eigenvalue weighted by atomic mass is 35.5. The molecule has 1 rings (SSSR count). The zero-order valence-electron chi connectivity index (χ0n) is 11.8. The summed E-state index contributed by atoms with van der Waals surface area (Å²) in [4.78, 5) is 11.4. The Balaban J connectivity index is 2.93. The summed E-state index contributed by atoms with van der Waals surface area (Å²) in [7, 11) is 4.20. The van der Waals surface area contributed by atoms with Gasteiger partial charge in [-0.2, -0.15) is 0 Å². The van der Waals surface area contributed by atoms with E-state index in [1.165, 1.54) is 28.3 Å². The van der Waals surface area contributed by atoms with E-state index in [4.69, 9.17) is 21.1 Å². The second-order valence-electron chi connectivity index (χ2n) is 4.31. The molecule has 2 N–H and O–H groups in total. The maximum atomic E-state index is 11.4. The number of nitrogens with one attached hydrogen (secondary N) is 1. The molecule has 0 aliphatic heterocycles. The second kappa shape index (κ2) is 6.67. The highest BCUT2D eigenvalue weighted by molar-refractivity contribution is 6.32. The van der Waals surface area contributed by atoms with Crippen LogP contribution in [0.5, 0.6) is 11.5 Å². The van der Waals surface area contributed by atoms with Crippen molar-refractivity contribution in [2.24, 2.45) is 0 Å². The maximum absolute atomic E-state index is 11.4. The van der Waals surface area contributed by atoms with E-state index in [0.717, 1.165) is 0 Å². The molecule has 0 bridgehead atoms. The van der Waals surface area contributed by atoms with Gasteiger partial charge in [-0.1, -0.05) is 11.6 Å². The molecule has 0 saturated carbocycles. The van der Waals surface area contributed by atoms with E-state index in [1.807, 2.05) is 0 Å². The average Bonchev–Trinajstić information content (AvgIpc) is 2.44. The smallest absolute Gasteiger partial charge is 0.339 e. The topological polar surface area (TPSA) is 77.0 Å². The van der Waals surface area contributed by atoms with Crippen LogP contribution in [0.1, 0.15) is 6.92 Å². The lowest BCUT2D eigenvalue weighted by Gasteiger charge is -2.22. The van der Waals surface area contributed by atoms with Crippen LogP contribution in [-0.2, 0) is 9.53 Å². The van der Waals surface area contributed by atoms with Gasteiger partial charge in [0.05, 0.1) is 38.6 Å². The molecule has 20 heavy (non-hydrogen) atoms. The molecule has 112 valence electrons. The first-order valence-corrected chi connectivity index (χ1v) is 6.19. The van der Waals surface area contributed by atoms with Crippen LogP contribution >= 0.6 is 11.6 Å². The summed E-state index contributed by atoms with van der Waals surface area (Å²) in [6, 6.07) is 3.20. The lowest BCUT2D eigenvalue weighted by Crippen LogP contribution is -2.42. The highest BCUT2D eigenvalue weighted by Gasteiger charge is 2.31. The number of ether oxygens (including phenoxy) is 3. The van der Waals surface area contributed by atoms with Crippen molar-refractivity contribution in [3.63, 3.8) is 0 Å². The summed E-state index contributed by atoms with van der Waals surface area (Å²) >= 11 is 6.02. The van der Waals surface area contributed by atoms with Gasteiger partial charge in [-0.05, 0) is 13.0 Å². The van der Waals surface area contributed by atoms with Crippen molar-refractivity contribution in [2.75, 3.05) is 33.2 Å². The zero-order chi connectivity index (χ0) is 15.3. The predicted molar refractivity (Wildman–Crippen MR) is 75.7 cm³/mol. The molecular weight excluding hydrogens is 286 g/mol. The summed E-state index contributed by atoms with van der Waals surface area (Å²) in [5.74, 6) is 0.212. The van der Waals surface area contributed by atoms with Crippen LogP contribution in [0.15, 0.2) is 12.1 Å². The van der Waals surface area contributed by atoms with Gasteiger partial charge in [-0.15, -0.1) is 0 Å². The van der Waals surface area contributed by atoms with Crippen molar-refractivity contribution in [1.29, 1.82) is 0 Å². The minimum Gasteiger partial charge on any atom is -0.495 e. The van der Waals surface area contributed by atoms with Crippen molar-refractivity contribution in [2.45, 2.75) is 12.5 Å². The Morgan fingerprint density at radius 3 is 2.40 bits per heavy atom. The number of anilines is 1. The van der Waals surface area contributed by atoms with Crippen molar-refractivity contribution in [1.82, 2.24) is 0 Å². The molecule has 1 atom stereocenters. The fourth-order valence-electron chi connectivity index (χ4n) is 1.56. The van der Waals surface area contributed by atoms with Gasteiger partial charge in [0.15, 0.2) is 5.60 Å². The monoisotopic (exact) mass is 303 g/mol. The molecule has 6 nitrogen and oxygen atoms in total. The molecule has 0 amide bonds. The largest absolute Gasteiger partial charge is 0.495 e. The lowest BCUT2D eigenvalue weighted by molar-refractivity contribution is -0.158. The number of carbonyl (C=O) groups is 1. The minimum atomic E-state index is -1.66. The van der Waals surface area contributed by atoms with Crippen LogP contribution in [0.3, 0.4) is 0 Å². The van der Waals surface area contributed by atoms with Gasteiger partial charge < -0.3 is 24.6 Å². The van der Waals surface area contributed by atoms with Crippen LogP contribution in [0.25, 0.3) is 0 Å². The first-order chi connectivity index (χ1) is 9.35. The SMILES string of the molecule is COC(=O)C(C)(O)CNc1cc(Cl)c(OC)cc1OC. The molecule has 0 heterocycles. The van der Waals surface area contributed by atoms with Gasteiger partial charge in [0.25, 0.3) is 0 Å². The normalized spacial score (nSPS) is 13.3. The summed E-state index contributed by atoms with van der Waals surface area (Å²) in [5, 5.41) is 13.2. The number of benzene rings is 1. The molecule has 0 aliphatic rings. The van der Waals surface area contributed by atoms with Gasteiger partial charge in [0.2, 0.25) is 0 Å². The van der Waals surface area contributed by atoms with Crippen LogP contribution in [0.2, 0.25) is 5.02 Å². The fraction of sp³-hybridized carbons (Fsp3) is 0.462. The third-order valence-corrected chi connectivity index (χ3v) is 3.02. The fourth-order valence-corrected chi connectivity index (χ4v) is 1.80. The van der Waals surface area contributed by atoms with Gasteiger partial charge in [0.1, 0.15) is 11.5 Å². The van der Waals surface area contributed by atoms with Crippen molar-refractivity contribution in [3.8, 4) is 11.5 Å². The first-order valence-electron chi connectivity index (χ1n) is 5.82. The van der Waals surface area contributed by atoms with E-state index < -0.39 is 11.6 Å². The molecule has 0 radical (unpaired) electrons. The summed E-state index contributed by atoms with van der Waals surface area (Å²) in [5.41, 5.74) is -1.13. The average molecular weight is 304 g/mol. The number of halogens is 1. The molecular formula is C13H18ClNO5. The number of methoxy groups -OCH3 is 3. The van der Waals surface area contributed by atoms with E-state index in [1.54, 1.807) is 12.1 Å². The molecule has 0 saturated heterocycles. The van der Waals surface area contributed by atoms with Crippen molar-refractivity contribution in [3.05, 3.63) is 17.2 Å². The predicted octanol–water partition coefficient (Wildman–Crippen LogP) is 1.69. The lowest BCUT2D eigenvalue weighted by atomic mass is 10.1. The van der Waals surface area contributed by atoms with E-state index in [9.17, 15) is 9.90 Å². The third kappa shape index (κ3) is 3.68. The summed E-state index contributed by atoms with van der Waals surface area (Å²) in [6.45, 7) is 1.29. The Bertz CT molecular complexity index is 490. The Morgan fingerprint density at radius 1 is 1.30 bits per heavy atom. The number of aliphatic hydroxyl groups is 1. The van der Waals surface area contributed by atoms with Crippen LogP contribution < -0.4 is 14.8 Å². The standard InChI is InChI=1S/C13H18ClNO5/c1-13(17,12(16)20-4)7-15-9-5-8(14)10(18-2)6-11(9)19-3/h5-6,15,17H,7H2,1-4H3. The van der Waals surface area contributed by atoms with Crippen molar-refractivity contribution < 1.29 is 24.1 Å². The van der Waals surface area contributed by atoms with Gasteiger partial charge >= 0.3 is 5.97 Å². The second-order valence-corrected chi connectivity index (χ2v) is 4.71. The summed E-state index contributed by atoms with van der Waals surface area (Å²) in [6.07, 6.45) is 0. The van der Waals surface area contributed by atoms with Gasteiger partial charge in [-0.3, -0.25) is 0 Å². The number of esters is 1.